The smallest absolute Gasteiger partial charge is 0.244 e. The first-order chi connectivity index (χ1) is 11.8. The number of anilines is 1. The van der Waals surface area contributed by atoms with Crippen molar-refractivity contribution < 1.29 is 4.79 Å². The molecule has 3 rings (SSSR count). The fraction of sp³-hybridized carbons (Fsp3) is 0.579. The van der Waals surface area contributed by atoms with Crippen LogP contribution in [-0.2, 0) is 4.79 Å². The van der Waals surface area contributed by atoms with Crippen LogP contribution in [0.2, 0.25) is 0 Å². The van der Waals surface area contributed by atoms with Crippen molar-refractivity contribution in [2.75, 3.05) is 38.0 Å². The molecule has 24 heavy (non-hydrogen) atoms. The third-order valence-electron chi connectivity index (χ3n) is 4.76. The van der Waals surface area contributed by atoms with E-state index in [2.05, 4.69) is 15.2 Å². The number of piperidine rings is 2. The normalized spacial score (nSPS) is 19.2. The Balaban J connectivity index is 1.66. The Morgan fingerprint density at radius 1 is 0.875 bits per heavy atom. The number of carbonyl (C=O) groups is 1. The lowest BCUT2D eigenvalue weighted by atomic mass is 10.1. The van der Waals surface area contributed by atoms with E-state index in [1.807, 2.05) is 35.2 Å². The van der Waals surface area contributed by atoms with E-state index < -0.39 is 0 Å². The van der Waals surface area contributed by atoms with Crippen LogP contribution in [0.15, 0.2) is 35.3 Å². The summed E-state index contributed by atoms with van der Waals surface area (Å²) in [5.41, 5.74) is 1.02. The maximum absolute atomic E-state index is 12.4. The van der Waals surface area contributed by atoms with Gasteiger partial charge in [0.2, 0.25) is 5.91 Å². The molecule has 0 spiro atoms. The number of para-hydroxylation sites is 1. The number of likely N-dealkylation sites (tertiary alicyclic amines) is 2. The summed E-state index contributed by atoms with van der Waals surface area (Å²) in [4.78, 5) is 21.3. The van der Waals surface area contributed by atoms with E-state index in [-0.39, 0.29) is 12.5 Å². The first-order valence-corrected chi connectivity index (χ1v) is 9.22. The average Bonchev–Trinajstić information content (AvgIpc) is 2.67. The molecule has 0 bridgehead atoms. The Labute approximate surface area is 144 Å². The van der Waals surface area contributed by atoms with Gasteiger partial charge in [0.1, 0.15) is 6.54 Å². The Hall–Kier alpha value is -2.04. The molecule has 1 aromatic carbocycles. The summed E-state index contributed by atoms with van der Waals surface area (Å²) in [6.45, 7) is 4.04. The van der Waals surface area contributed by atoms with Gasteiger partial charge in [-0.15, -0.1) is 0 Å². The van der Waals surface area contributed by atoms with Crippen LogP contribution in [0.4, 0.5) is 5.69 Å². The van der Waals surface area contributed by atoms with E-state index in [0.717, 1.165) is 50.7 Å². The van der Waals surface area contributed by atoms with E-state index in [1.165, 1.54) is 25.7 Å². The molecule has 0 aliphatic carbocycles. The van der Waals surface area contributed by atoms with Gasteiger partial charge in [0, 0.05) is 31.9 Å². The second kappa shape index (κ2) is 8.71. The number of amides is 1. The second-order valence-electron chi connectivity index (χ2n) is 6.62. The molecule has 5 heteroatoms. The zero-order chi connectivity index (χ0) is 16.6. The lowest BCUT2D eigenvalue weighted by molar-refractivity contribution is -0.130. The third-order valence-corrected chi connectivity index (χ3v) is 4.76. The zero-order valence-electron chi connectivity index (χ0n) is 14.4. The molecule has 2 saturated heterocycles. The molecule has 0 atom stereocenters. The number of hydrogen-bond acceptors (Lipinski definition) is 2. The standard InChI is InChI=1S/C19H28N4O/c24-18(22-12-6-2-7-13-22)16-20-19(23-14-8-3-9-15-23)21-17-10-4-1-5-11-17/h1,4-5,10-11H,2-3,6-9,12-16H2,(H,20,21). The van der Waals surface area contributed by atoms with Crippen molar-refractivity contribution in [2.45, 2.75) is 38.5 Å². The van der Waals surface area contributed by atoms with Gasteiger partial charge in [0.05, 0.1) is 0 Å². The number of hydrogen-bond donors (Lipinski definition) is 1. The van der Waals surface area contributed by atoms with Crippen LogP contribution in [0.5, 0.6) is 0 Å². The largest absolute Gasteiger partial charge is 0.343 e. The first kappa shape index (κ1) is 16.8. The van der Waals surface area contributed by atoms with Gasteiger partial charge in [0.25, 0.3) is 0 Å². The third kappa shape index (κ3) is 4.73. The minimum Gasteiger partial charge on any atom is -0.343 e. The molecule has 0 aromatic heterocycles. The van der Waals surface area contributed by atoms with E-state index in [1.54, 1.807) is 0 Å². The summed E-state index contributed by atoms with van der Waals surface area (Å²) in [7, 11) is 0. The summed E-state index contributed by atoms with van der Waals surface area (Å²) >= 11 is 0. The van der Waals surface area contributed by atoms with Gasteiger partial charge in [-0.3, -0.25) is 4.79 Å². The topological polar surface area (TPSA) is 47.9 Å². The summed E-state index contributed by atoms with van der Waals surface area (Å²) in [6, 6.07) is 10.1. The molecule has 5 nitrogen and oxygen atoms in total. The van der Waals surface area contributed by atoms with Gasteiger partial charge in [-0.2, -0.15) is 0 Å². The van der Waals surface area contributed by atoms with Gasteiger partial charge in [-0.05, 0) is 50.7 Å². The fourth-order valence-electron chi connectivity index (χ4n) is 3.36. The van der Waals surface area contributed by atoms with Gasteiger partial charge in [0.15, 0.2) is 5.96 Å². The van der Waals surface area contributed by atoms with E-state index in [0.29, 0.717) is 0 Å². The van der Waals surface area contributed by atoms with Crippen molar-refractivity contribution >= 4 is 17.6 Å². The molecule has 1 aromatic rings. The fourth-order valence-corrected chi connectivity index (χ4v) is 3.36. The molecular formula is C19H28N4O. The predicted molar refractivity (Wildman–Crippen MR) is 98.2 cm³/mol. The molecule has 2 aliphatic heterocycles. The van der Waals surface area contributed by atoms with Crippen molar-refractivity contribution in [1.29, 1.82) is 0 Å². The maximum atomic E-state index is 12.4. The molecule has 2 fully saturated rings. The van der Waals surface area contributed by atoms with Crippen LogP contribution in [0, 0.1) is 0 Å². The number of carbonyl (C=O) groups excluding carboxylic acids is 1. The molecule has 2 heterocycles. The Kier molecular flexibility index (Phi) is 6.10. The molecular weight excluding hydrogens is 300 g/mol. The SMILES string of the molecule is O=C(CN=C(Nc1ccccc1)N1CCCCC1)N1CCCCC1. The molecule has 2 aliphatic rings. The zero-order valence-corrected chi connectivity index (χ0v) is 14.4. The number of nitrogens with one attached hydrogen (secondary N) is 1. The van der Waals surface area contributed by atoms with Crippen LogP contribution < -0.4 is 5.32 Å². The van der Waals surface area contributed by atoms with Crippen LogP contribution in [0.25, 0.3) is 0 Å². The van der Waals surface area contributed by atoms with Crippen LogP contribution >= 0.6 is 0 Å². The molecule has 0 unspecified atom stereocenters. The van der Waals surface area contributed by atoms with Crippen molar-refractivity contribution in [3.63, 3.8) is 0 Å². The highest BCUT2D eigenvalue weighted by Gasteiger charge is 2.18. The summed E-state index contributed by atoms with van der Waals surface area (Å²) in [5.74, 6) is 0.991. The number of rotatable bonds is 3. The number of aliphatic imine (C=N–C) groups is 1. The summed E-state index contributed by atoms with van der Waals surface area (Å²) in [6.07, 6.45) is 7.14. The number of nitrogens with zero attached hydrogens (tertiary/aromatic N) is 3. The predicted octanol–water partition coefficient (Wildman–Crippen LogP) is 2.95. The lowest BCUT2D eigenvalue weighted by Crippen LogP contribution is -2.42. The van der Waals surface area contributed by atoms with Crippen LogP contribution in [0.3, 0.4) is 0 Å². The van der Waals surface area contributed by atoms with Crippen molar-refractivity contribution in [2.24, 2.45) is 4.99 Å². The molecule has 0 saturated carbocycles. The summed E-state index contributed by atoms with van der Waals surface area (Å²) < 4.78 is 0. The van der Waals surface area contributed by atoms with E-state index in [4.69, 9.17) is 0 Å². The van der Waals surface area contributed by atoms with E-state index >= 15 is 0 Å². The highest BCUT2D eigenvalue weighted by molar-refractivity contribution is 5.95. The lowest BCUT2D eigenvalue weighted by Gasteiger charge is -2.31. The molecule has 1 N–H and O–H groups in total. The maximum Gasteiger partial charge on any atom is 0.244 e. The second-order valence-corrected chi connectivity index (χ2v) is 6.62. The highest BCUT2D eigenvalue weighted by Crippen LogP contribution is 2.13. The average molecular weight is 328 g/mol. The minimum atomic E-state index is 0.152. The molecule has 0 radical (unpaired) electrons. The molecule has 130 valence electrons. The Morgan fingerprint density at radius 3 is 2.08 bits per heavy atom. The van der Waals surface area contributed by atoms with Crippen molar-refractivity contribution in [3.05, 3.63) is 30.3 Å². The van der Waals surface area contributed by atoms with Gasteiger partial charge in [-0.25, -0.2) is 4.99 Å². The van der Waals surface area contributed by atoms with Crippen molar-refractivity contribution in [1.82, 2.24) is 9.80 Å². The van der Waals surface area contributed by atoms with Crippen LogP contribution in [0.1, 0.15) is 38.5 Å². The van der Waals surface area contributed by atoms with Gasteiger partial charge < -0.3 is 15.1 Å². The van der Waals surface area contributed by atoms with E-state index in [9.17, 15) is 4.79 Å². The Morgan fingerprint density at radius 2 is 1.46 bits per heavy atom. The monoisotopic (exact) mass is 328 g/mol. The van der Waals surface area contributed by atoms with Crippen LogP contribution in [-0.4, -0.2) is 54.4 Å². The van der Waals surface area contributed by atoms with Gasteiger partial charge >= 0.3 is 0 Å². The number of benzene rings is 1. The van der Waals surface area contributed by atoms with Gasteiger partial charge in [-0.1, -0.05) is 18.2 Å². The highest BCUT2D eigenvalue weighted by atomic mass is 16.2. The Bertz CT molecular complexity index is 546. The minimum absolute atomic E-state index is 0.152. The number of guanidine groups is 1. The first-order valence-electron chi connectivity index (χ1n) is 9.22. The molecule has 1 amide bonds. The van der Waals surface area contributed by atoms with Crippen molar-refractivity contribution in [3.8, 4) is 0 Å². The summed E-state index contributed by atoms with van der Waals surface area (Å²) in [5, 5.41) is 3.41. The quantitative estimate of drug-likeness (QED) is 0.685.